The fraction of sp³-hybridized carbons (Fsp3) is 0.542. The second kappa shape index (κ2) is 9.54. The maximum absolute atomic E-state index is 12.8. The zero-order valence-electron chi connectivity index (χ0n) is 19.3. The maximum Gasteiger partial charge on any atom is 0.410 e. The number of hydrogen-bond acceptors (Lipinski definition) is 4. The molecular formula is C24H34N4O3. The molecule has 31 heavy (non-hydrogen) atoms. The molecule has 1 aromatic heterocycles. The van der Waals surface area contributed by atoms with E-state index < -0.39 is 5.60 Å². The van der Waals surface area contributed by atoms with Crippen LogP contribution in [0, 0.1) is 19.8 Å². The molecule has 168 valence electrons. The Morgan fingerprint density at radius 3 is 2.58 bits per heavy atom. The van der Waals surface area contributed by atoms with Gasteiger partial charge in [0.05, 0.1) is 18.2 Å². The highest BCUT2D eigenvalue weighted by molar-refractivity contribution is 5.80. The highest BCUT2D eigenvalue weighted by Crippen LogP contribution is 2.20. The van der Waals surface area contributed by atoms with Crippen LogP contribution in [-0.4, -0.2) is 45.4 Å². The lowest BCUT2D eigenvalue weighted by Crippen LogP contribution is -2.46. The molecule has 1 saturated heterocycles. The molecular weight excluding hydrogens is 392 g/mol. The summed E-state index contributed by atoms with van der Waals surface area (Å²) in [6, 6.07) is 10.2. The van der Waals surface area contributed by atoms with Gasteiger partial charge in [-0.3, -0.25) is 9.48 Å². The molecule has 3 rings (SSSR count). The van der Waals surface area contributed by atoms with E-state index in [1.54, 1.807) is 4.90 Å². The van der Waals surface area contributed by atoms with E-state index in [1.807, 2.05) is 57.5 Å². The molecule has 1 fully saturated rings. The van der Waals surface area contributed by atoms with Crippen molar-refractivity contribution in [3.63, 3.8) is 0 Å². The summed E-state index contributed by atoms with van der Waals surface area (Å²) in [4.78, 5) is 26.8. The van der Waals surface area contributed by atoms with E-state index in [2.05, 4.69) is 22.5 Å². The number of piperidine rings is 1. The predicted molar refractivity (Wildman–Crippen MR) is 120 cm³/mol. The van der Waals surface area contributed by atoms with E-state index >= 15 is 0 Å². The molecule has 1 aromatic carbocycles. The molecule has 0 spiro atoms. The first-order valence-corrected chi connectivity index (χ1v) is 11.0. The third-order valence-electron chi connectivity index (χ3n) is 5.59. The number of aryl methyl sites for hydroxylation is 1. The van der Waals surface area contributed by atoms with Crippen molar-refractivity contribution in [2.75, 3.05) is 13.1 Å². The van der Waals surface area contributed by atoms with Gasteiger partial charge in [0.1, 0.15) is 5.60 Å². The Balaban J connectivity index is 1.58. The summed E-state index contributed by atoms with van der Waals surface area (Å²) in [7, 11) is 0. The number of hydrogen-bond donors (Lipinski definition) is 1. The minimum absolute atomic E-state index is 0.0251. The Bertz CT molecular complexity index is 915. The highest BCUT2D eigenvalue weighted by Gasteiger charge is 2.31. The van der Waals surface area contributed by atoms with Gasteiger partial charge < -0.3 is 15.0 Å². The first kappa shape index (κ1) is 22.8. The summed E-state index contributed by atoms with van der Waals surface area (Å²) in [6.07, 6.45) is 1.22. The van der Waals surface area contributed by atoms with Crippen molar-refractivity contribution in [3.05, 3.63) is 52.8 Å². The molecule has 0 bridgehead atoms. The standard InChI is InChI=1S/C24H34N4O3/c1-17-21(18(2)28(26-17)15-19-10-7-6-8-11-19)14-25-22(29)20-12-9-13-27(16-20)23(30)31-24(3,4)5/h6-8,10-11,20H,9,12-16H2,1-5H3,(H,25,29)/t20-/m1/s1. The van der Waals surface area contributed by atoms with E-state index in [0.29, 0.717) is 26.2 Å². The van der Waals surface area contributed by atoms with E-state index in [0.717, 1.165) is 29.8 Å². The SMILES string of the molecule is Cc1nn(Cc2ccccc2)c(C)c1CNC(=O)[C@@H]1CCCN(C(=O)OC(C)(C)C)C1. The van der Waals surface area contributed by atoms with Gasteiger partial charge in [-0.25, -0.2) is 4.79 Å². The number of carbonyl (C=O) groups is 2. The Hall–Kier alpha value is -2.83. The van der Waals surface area contributed by atoms with Crippen LogP contribution >= 0.6 is 0 Å². The highest BCUT2D eigenvalue weighted by atomic mass is 16.6. The molecule has 2 aromatic rings. The minimum atomic E-state index is -0.540. The average Bonchev–Trinajstić information content (AvgIpc) is 2.98. The van der Waals surface area contributed by atoms with Gasteiger partial charge in [-0.05, 0) is 53.0 Å². The number of nitrogens with one attached hydrogen (secondary N) is 1. The summed E-state index contributed by atoms with van der Waals surface area (Å²) >= 11 is 0. The van der Waals surface area contributed by atoms with E-state index in [4.69, 9.17) is 4.74 Å². The summed E-state index contributed by atoms with van der Waals surface area (Å²) in [6.45, 7) is 11.7. The largest absolute Gasteiger partial charge is 0.444 e. The molecule has 1 N–H and O–H groups in total. The van der Waals surface area contributed by atoms with Gasteiger partial charge in [0.25, 0.3) is 0 Å². The summed E-state index contributed by atoms with van der Waals surface area (Å²) in [5, 5.41) is 7.73. The van der Waals surface area contributed by atoms with Crippen LogP contribution in [0.1, 0.15) is 56.1 Å². The monoisotopic (exact) mass is 426 g/mol. The quantitative estimate of drug-likeness (QED) is 0.789. The third-order valence-corrected chi connectivity index (χ3v) is 5.59. The summed E-state index contributed by atoms with van der Waals surface area (Å²) in [5.74, 6) is -0.246. The van der Waals surface area contributed by atoms with Crippen LogP contribution in [0.15, 0.2) is 30.3 Å². The molecule has 0 radical (unpaired) electrons. The minimum Gasteiger partial charge on any atom is -0.444 e. The van der Waals surface area contributed by atoms with Gasteiger partial charge in [-0.2, -0.15) is 5.10 Å². The zero-order chi connectivity index (χ0) is 22.6. The van der Waals surface area contributed by atoms with Gasteiger partial charge in [0.2, 0.25) is 5.91 Å². The Labute approximate surface area is 184 Å². The maximum atomic E-state index is 12.8. The van der Waals surface area contributed by atoms with Crippen LogP contribution in [-0.2, 0) is 22.6 Å². The predicted octanol–water partition coefficient (Wildman–Crippen LogP) is 3.81. The van der Waals surface area contributed by atoms with Gasteiger partial charge in [0.15, 0.2) is 0 Å². The van der Waals surface area contributed by atoms with Crippen LogP contribution in [0.3, 0.4) is 0 Å². The number of amides is 2. The first-order valence-electron chi connectivity index (χ1n) is 11.0. The van der Waals surface area contributed by atoms with Crippen molar-refractivity contribution in [1.29, 1.82) is 0 Å². The molecule has 1 aliphatic rings. The van der Waals surface area contributed by atoms with Crippen LogP contribution in [0.25, 0.3) is 0 Å². The fourth-order valence-corrected chi connectivity index (χ4v) is 3.90. The number of carbonyl (C=O) groups excluding carboxylic acids is 2. The van der Waals surface area contributed by atoms with Gasteiger partial charge in [-0.1, -0.05) is 30.3 Å². The summed E-state index contributed by atoms with van der Waals surface area (Å²) in [5.41, 5.74) is 3.67. The van der Waals surface area contributed by atoms with E-state index in [1.165, 1.54) is 5.56 Å². The number of ether oxygens (including phenoxy) is 1. The molecule has 2 heterocycles. The van der Waals surface area contributed by atoms with Gasteiger partial charge >= 0.3 is 6.09 Å². The average molecular weight is 427 g/mol. The molecule has 7 nitrogen and oxygen atoms in total. The summed E-state index contributed by atoms with van der Waals surface area (Å²) < 4.78 is 7.44. The topological polar surface area (TPSA) is 76.5 Å². The van der Waals surface area contributed by atoms with Crippen molar-refractivity contribution >= 4 is 12.0 Å². The number of aromatic nitrogens is 2. The number of likely N-dealkylation sites (tertiary alicyclic amines) is 1. The Morgan fingerprint density at radius 1 is 1.19 bits per heavy atom. The molecule has 2 amide bonds. The number of benzene rings is 1. The van der Waals surface area contributed by atoms with Crippen molar-refractivity contribution in [1.82, 2.24) is 20.0 Å². The normalized spacial score (nSPS) is 16.8. The smallest absolute Gasteiger partial charge is 0.410 e. The lowest BCUT2D eigenvalue weighted by atomic mass is 9.97. The molecule has 1 aliphatic heterocycles. The third kappa shape index (κ3) is 6.09. The van der Waals surface area contributed by atoms with Gasteiger partial charge in [0, 0.05) is 30.9 Å². The van der Waals surface area contributed by atoms with Gasteiger partial charge in [-0.15, -0.1) is 0 Å². The number of nitrogens with zero attached hydrogens (tertiary/aromatic N) is 3. The van der Waals surface area contributed by atoms with Crippen LogP contribution in [0.2, 0.25) is 0 Å². The van der Waals surface area contributed by atoms with Crippen molar-refractivity contribution in [2.24, 2.45) is 5.92 Å². The molecule has 1 atom stereocenters. The molecule has 0 saturated carbocycles. The molecule has 7 heteroatoms. The zero-order valence-corrected chi connectivity index (χ0v) is 19.3. The second-order valence-electron chi connectivity index (χ2n) is 9.28. The Morgan fingerprint density at radius 2 is 1.90 bits per heavy atom. The number of rotatable bonds is 5. The Kier molecular flexibility index (Phi) is 7.03. The lowest BCUT2D eigenvalue weighted by molar-refractivity contribution is -0.126. The van der Waals surface area contributed by atoms with Crippen LogP contribution in [0.5, 0.6) is 0 Å². The lowest BCUT2D eigenvalue weighted by Gasteiger charge is -2.33. The molecule has 0 unspecified atom stereocenters. The van der Waals surface area contributed by atoms with E-state index in [-0.39, 0.29) is 17.9 Å². The second-order valence-corrected chi connectivity index (χ2v) is 9.28. The van der Waals surface area contributed by atoms with Crippen molar-refractivity contribution in [2.45, 2.75) is 66.2 Å². The van der Waals surface area contributed by atoms with Crippen LogP contribution in [0.4, 0.5) is 4.79 Å². The van der Waals surface area contributed by atoms with Crippen molar-refractivity contribution < 1.29 is 14.3 Å². The van der Waals surface area contributed by atoms with Crippen molar-refractivity contribution in [3.8, 4) is 0 Å². The van der Waals surface area contributed by atoms with E-state index in [9.17, 15) is 9.59 Å². The van der Waals surface area contributed by atoms with Crippen LogP contribution < -0.4 is 5.32 Å². The fourth-order valence-electron chi connectivity index (χ4n) is 3.90. The first-order chi connectivity index (χ1) is 14.6. The molecule has 0 aliphatic carbocycles.